The molecule has 150 valence electrons. The Morgan fingerprint density at radius 3 is 1.76 bits per heavy atom. The SMILES string of the molecule is C[n+]1ccc(-c2cc[n+](CCCN3C(=O)c4ccccc4C3=O)cc2)cc1.[I-].[I-]. The van der Waals surface area contributed by atoms with Gasteiger partial charge in [-0.1, -0.05) is 12.1 Å². The third kappa shape index (κ3) is 5.00. The van der Waals surface area contributed by atoms with Crippen LogP contribution in [-0.2, 0) is 13.6 Å². The average Bonchev–Trinajstić information content (AvgIpc) is 2.94. The number of carbonyl (C=O) groups excluding carboxylic acids is 2. The molecule has 2 amide bonds. The minimum atomic E-state index is -0.187. The van der Waals surface area contributed by atoms with E-state index in [1.54, 1.807) is 24.3 Å². The Balaban J connectivity index is 0.00000150. The van der Waals surface area contributed by atoms with E-state index in [0.717, 1.165) is 18.5 Å². The van der Waals surface area contributed by atoms with Crippen LogP contribution >= 0.6 is 0 Å². The number of carbonyl (C=O) groups is 2. The lowest BCUT2D eigenvalue weighted by Crippen LogP contribution is -3.00. The number of hydrogen-bond acceptors (Lipinski definition) is 2. The first-order chi connectivity index (χ1) is 13.1. The summed E-state index contributed by atoms with van der Waals surface area (Å²) in [7, 11) is 2.00. The molecule has 7 heteroatoms. The maximum atomic E-state index is 12.4. The lowest BCUT2D eigenvalue weighted by Gasteiger charge is -2.12. The molecule has 1 aliphatic rings. The molecule has 0 saturated carbocycles. The van der Waals surface area contributed by atoms with E-state index < -0.39 is 0 Å². The van der Waals surface area contributed by atoms with Gasteiger partial charge in [-0.05, 0) is 23.3 Å². The second kappa shape index (κ2) is 10.2. The Hall–Kier alpha value is -1.88. The van der Waals surface area contributed by atoms with Gasteiger partial charge in [-0.25, -0.2) is 9.13 Å². The fourth-order valence-electron chi connectivity index (χ4n) is 3.35. The summed E-state index contributed by atoms with van der Waals surface area (Å²) < 4.78 is 4.08. The molecule has 0 radical (unpaired) electrons. The van der Waals surface area contributed by atoms with E-state index in [1.165, 1.54) is 10.5 Å². The third-order valence-electron chi connectivity index (χ3n) is 4.88. The lowest BCUT2D eigenvalue weighted by atomic mass is 10.1. The highest BCUT2D eigenvalue weighted by atomic mass is 127. The topological polar surface area (TPSA) is 45.1 Å². The maximum absolute atomic E-state index is 12.4. The minimum Gasteiger partial charge on any atom is -1.00 e. The van der Waals surface area contributed by atoms with Crippen LogP contribution in [0.4, 0.5) is 0 Å². The Kier molecular flexibility index (Phi) is 8.26. The van der Waals surface area contributed by atoms with Crippen LogP contribution < -0.4 is 57.1 Å². The molecular weight excluding hydrogens is 592 g/mol. The molecule has 0 bridgehead atoms. The van der Waals surface area contributed by atoms with Crippen molar-refractivity contribution in [2.75, 3.05) is 6.54 Å². The van der Waals surface area contributed by atoms with E-state index in [1.807, 2.05) is 36.4 Å². The van der Waals surface area contributed by atoms with Gasteiger partial charge in [0, 0.05) is 37.2 Å². The van der Waals surface area contributed by atoms with Crippen molar-refractivity contribution in [1.82, 2.24) is 4.90 Å². The first-order valence-electron chi connectivity index (χ1n) is 9.03. The van der Waals surface area contributed by atoms with Gasteiger partial charge in [-0.3, -0.25) is 14.5 Å². The van der Waals surface area contributed by atoms with E-state index >= 15 is 0 Å². The van der Waals surface area contributed by atoms with Crippen LogP contribution in [0.3, 0.4) is 0 Å². The summed E-state index contributed by atoms with van der Waals surface area (Å²) in [5.74, 6) is -0.374. The number of benzene rings is 1. The molecule has 3 heterocycles. The van der Waals surface area contributed by atoms with E-state index in [0.29, 0.717) is 17.7 Å². The highest BCUT2D eigenvalue weighted by Gasteiger charge is 2.34. The number of fused-ring (bicyclic) bond motifs is 1. The largest absolute Gasteiger partial charge is 1.00 e. The molecule has 29 heavy (non-hydrogen) atoms. The summed E-state index contributed by atoms with van der Waals surface area (Å²) >= 11 is 0. The molecule has 1 aliphatic heterocycles. The van der Waals surface area contributed by atoms with E-state index in [4.69, 9.17) is 0 Å². The predicted octanol–water partition coefficient (Wildman–Crippen LogP) is -3.84. The van der Waals surface area contributed by atoms with Gasteiger partial charge in [0.25, 0.3) is 11.8 Å². The third-order valence-corrected chi connectivity index (χ3v) is 4.88. The number of halogens is 2. The molecule has 0 unspecified atom stereocenters. The molecule has 1 aromatic carbocycles. The Bertz CT molecular complexity index is 970. The normalized spacial score (nSPS) is 12.2. The zero-order valence-corrected chi connectivity index (χ0v) is 20.3. The van der Waals surface area contributed by atoms with Crippen molar-refractivity contribution < 1.29 is 66.7 Å². The van der Waals surface area contributed by atoms with Crippen LogP contribution in [0.5, 0.6) is 0 Å². The van der Waals surface area contributed by atoms with Crippen molar-refractivity contribution in [2.45, 2.75) is 13.0 Å². The molecule has 4 rings (SSSR count). The van der Waals surface area contributed by atoms with Crippen molar-refractivity contribution in [1.29, 1.82) is 0 Å². The van der Waals surface area contributed by atoms with Crippen molar-refractivity contribution in [3.05, 3.63) is 84.4 Å². The summed E-state index contributed by atoms with van der Waals surface area (Å²) in [5, 5.41) is 0. The number of aromatic nitrogens is 2. The summed E-state index contributed by atoms with van der Waals surface area (Å²) in [5.41, 5.74) is 3.35. The molecule has 0 atom stereocenters. The molecule has 2 aromatic heterocycles. The Labute approximate surface area is 204 Å². The predicted molar refractivity (Wildman–Crippen MR) is 99.7 cm³/mol. The number of imide groups is 1. The zero-order chi connectivity index (χ0) is 18.8. The van der Waals surface area contributed by atoms with Gasteiger partial charge in [-0.2, -0.15) is 0 Å². The standard InChI is InChI=1S/C22H21N3O2.2HI/c1-23-13-7-17(8-14-23)18-9-15-24(16-10-18)11-4-12-25-21(26)19-5-2-3-6-20(19)22(25)27;;/h2-3,5-10,13-16H,4,11-12H2,1H3;2*1H/q+2;;/p-2. The Morgan fingerprint density at radius 2 is 1.24 bits per heavy atom. The van der Waals surface area contributed by atoms with E-state index in [2.05, 4.69) is 28.8 Å². The number of aryl methyl sites for hydroxylation is 2. The molecule has 3 aromatic rings. The first kappa shape index (κ1) is 23.4. The molecule has 0 saturated heterocycles. The highest BCUT2D eigenvalue weighted by Crippen LogP contribution is 2.22. The summed E-state index contributed by atoms with van der Waals surface area (Å²) in [6.07, 6.45) is 8.84. The lowest BCUT2D eigenvalue weighted by molar-refractivity contribution is -0.697. The van der Waals surface area contributed by atoms with Gasteiger partial charge in [0.05, 0.1) is 11.1 Å². The quantitative estimate of drug-likeness (QED) is 0.168. The summed E-state index contributed by atoms with van der Waals surface area (Å²) in [4.78, 5) is 26.1. The van der Waals surface area contributed by atoms with Crippen LogP contribution in [0, 0.1) is 0 Å². The van der Waals surface area contributed by atoms with Crippen LogP contribution in [0.15, 0.2) is 73.3 Å². The van der Waals surface area contributed by atoms with Crippen molar-refractivity contribution in [3.8, 4) is 11.1 Å². The van der Waals surface area contributed by atoms with Crippen LogP contribution in [0.1, 0.15) is 27.1 Å². The van der Waals surface area contributed by atoms with Crippen molar-refractivity contribution in [3.63, 3.8) is 0 Å². The van der Waals surface area contributed by atoms with Crippen LogP contribution in [-0.4, -0.2) is 23.3 Å². The van der Waals surface area contributed by atoms with Crippen LogP contribution in [0.25, 0.3) is 11.1 Å². The number of rotatable bonds is 5. The zero-order valence-electron chi connectivity index (χ0n) is 16.0. The molecule has 0 aliphatic carbocycles. The van der Waals surface area contributed by atoms with Crippen molar-refractivity contribution >= 4 is 11.8 Å². The number of amides is 2. The second-order valence-corrected chi connectivity index (χ2v) is 6.74. The van der Waals surface area contributed by atoms with Gasteiger partial charge in [-0.15, -0.1) is 0 Å². The summed E-state index contributed by atoms with van der Waals surface area (Å²) in [6, 6.07) is 15.3. The van der Waals surface area contributed by atoms with Crippen LogP contribution in [0.2, 0.25) is 0 Å². The number of nitrogens with zero attached hydrogens (tertiary/aromatic N) is 3. The number of pyridine rings is 2. The van der Waals surface area contributed by atoms with Gasteiger partial charge in [0.2, 0.25) is 0 Å². The molecule has 5 nitrogen and oxygen atoms in total. The first-order valence-corrected chi connectivity index (χ1v) is 9.03. The maximum Gasteiger partial charge on any atom is 0.261 e. The average molecular weight is 613 g/mol. The van der Waals surface area contributed by atoms with E-state index in [-0.39, 0.29) is 59.8 Å². The van der Waals surface area contributed by atoms with Gasteiger partial charge in [0.15, 0.2) is 24.8 Å². The van der Waals surface area contributed by atoms with Gasteiger partial charge < -0.3 is 48.0 Å². The molecular formula is C22H21I2N3O2. The Morgan fingerprint density at radius 1 is 0.759 bits per heavy atom. The highest BCUT2D eigenvalue weighted by molar-refractivity contribution is 6.21. The molecule has 0 fully saturated rings. The molecule has 0 N–H and O–H groups in total. The fourth-order valence-corrected chi connectivity index (χ4v) is 3.35. The van der Waals surface area contributed by atoms with E-state index in [9.17, 15) is 9.59 Å². The fraction of sp³-hybridized carbons (Fsp3) is 0.182. The minimum absolute atomic E-state index is 0. The second-order valence-electron chi connectivity index (χ2n) is 6.74. The molecule has 0 spiro atoms. The van der Waals surface area contributed by atoms with Gasteiger partial charge >= 0.3 is 0 Å². The smallest absolute Gasteiger partial charge is 0.261 e. The van der Waals surface area contributed by atoms with Gasteiger partial charge in [0.1, 0.15) is 13.6 Å². The summed E-state index contributed by atoms with van der Waals surface area (Å²) in [6.45, 7) is 1.17. The number of hydrogen-bond donors (Lipinski definition) is 0. The van der Waals surface area contributed by atoms with Crippen molar-refractivity contribution in [2.24, 2.45) is 7.05 Å². The monoisotopic (exact) mass is 613 g/mol.